The molecule has 3 N–H and O–H groups in total. The molecule has 24 heavy (non-hydrogen) atoms. The minimum atomic E-state index is -0.827. The van der Waals surface area contributed by atoms with E-state index in [1.165, 1.54) is 12.0 Å². The molecule has 1 aromatic heterocycles. The number of nitrogens with two attached hydrogens (primary N) is 1. The van der Waals surface area contributed by atoms with E-state index in [-0.39, 0.29) is 0 Å². The average molecular weight is 324 g/mol. The fourth-order valence-electron chi connectivity index (χ4n) is 4.14. The highest BCUT2D eigenvalue weighted by molar-refractivity contribution is 5.54. The van der Waals surface area contributed by atoms with E-state index in [9.17, 15) is 5.11 Å². The molecule has 1 aliphatic carbocycles. The van der Waals surface area contributed by atoms with Crippen molar-refractivity contribution in [2.24, 2.45) is 0 Å². The van der Waals surface area contributed by atoms with Crippen molar-refractivity contribution < 1.29 is 5.11 Å². The van der Waals surface area contributed by atoms with E-state index in [0.717, 1.165) is 48.4 Å². The fraction of sp³-hybridized carbons (Fsp3) is 0.474. The van der Waals surface area contributed by atoms with Gasteiger partial charge in [-0.2, -0.15) is 4.98 Å². The first-order valence-corrected chi connectivity index (χ1v) is 8.75. The number of aryl methyl sites for hydroxylation is 2. The molecule has 1 aliphatic heterocycles. The van der Waals surface area contributed by atoms with Crippen LogP contribution in [0.3, 0.4) is 0 Å². The zero-order chi connectivity index (χ0) is 16.7. The maximum atomic E-state index is 11.2. The number of anilines is 2. The van der Waals surface area contributed by atoms with Gasteiger partial charge < -0.3 is 15.7 Å². The van der Waals surface area contributed by atoms with Crippen LogP contribution >= 0.6 is 0 Å². The number of nitrogens with zero attached hydrogens (tertiary/aromatic N) is 3. The van der Waals surface area contributed by atoms with Crippen molar-refractivity contribution >= 4 is 11.8 Å². The summed E-state index contributed by atoms with van der Waals surface area (Å²) in [7, 11) is 0. The fourth-order valence-corrected chi connectivity index (χ4v) is 4.14. The molecule has 0 saturated carbocycles. The van der Waals surface area contributed by atoms with Gasteiger partial charge in [0.1, 0.15) is 11.4 Å². The molecule has 1 atom stereocenters. The van der Waals surface area contributed by atoms with Crippen molar-refractivity contribution in [1.82, 2.24) is 9.97 Å². The predicted molar refractivity (Wildman–Crippen MR) is 95.0 cm³/mol. The monoisotopic (exact) mass is 324 g/mol. The van der Waals surface area contributed by atoms with E-state index in [1.807, 2.05) is 18.2 Å². The van der Waals surface area contributed by atoms with E-state index < -0.39 is 5.60 Å². The van der Waals surface area contributed by atoms with Crippen molar-refractivity contribution in [3.05, 3.63) is 46.6 Å². The largest absolute Gasteiger partial charge is 0.383 e. The Labute approximate surface area is 142 Å². The Morgan fingerprint density at radius 2 is 1.96 bits per heavy atom. The molecular weight excluding hydrogens is 300 g/mol. The van der Waals surface area contributed by atoms with Gasteiger partial charge in [0.15, 0.2) is 0 Å². The van der Waals surface area contributed by atoms with Gasteiger partial charge in [-0.15, -0.1) is 0 Å². The van der Waals surface area contributed by atoms with Gasteiger partial charge in [-0.25, -0.2) is 4.98 Å². The molecule has 5 nitrogen and oxygen atoms in total. The number of aromatic nitrogens is 2. The molecular formula is C19H24N4O. The summed E-state index contributed by atoms with van der Waals surface area (Å²) in [6, 6.07) is 8.09. The van der Waals surface area contributed by atoms with E-state index >= 15 is 0 Å². The number of nitrogen functional groups attached to an aromatic ring is 1. The maximum Gasteiger partial charge on any atom is 0.222 e. The number of benzene rings is 1. The molecule has 2 heterocycles. The van der Waals surface area contributed by atoms with E-state index in [1.54, 1.807) is 0 Å². The summed E-state index contributed by atoms with van der Waals surface area (Å²) in [5.74, 6) is 1.28. The number of hydrogen-bond acceptors (Lipinski definition) is 5. The number of hydrogen-bond donors (Lipinski definition) is 2. The standard InChI is InChI=1S/C19H24N4O/c1-13-6-2-4-8-15(13)19(24)10-11-23(12-19)17-14-7-3-5-9-16(14)21-18(20)22-17/h2,4,6,8,24H,3,5,7,9-12H2,1H3,(H2,20,21,22)/t19-/m0/s1. The lowest BCUT2D eigenvalue weighted by molar-refractivity contribution is 0.0600. The first kappa shape index (κ1) is 15.4. The van der Waals surface area contributed by atoms with Gasteiger partial charge in [-0.05, 0) is 50.2 Å². The first-order chi connectivity index (χ1) is 11.6. The maximum absolute atomic E-state index is 11.2. The van der Waals surface area contributed by atoms with Crippen LogP contribution in [0.15, 0.2) is 24.3 Å². The molecule has 0 spiro atoms. The highest BCUT2D eigenvalue weighted by atomic mass is 16.3. The second-order valence-electron chi connectivity index (χ2n) is 7.06. The zero-order valence-electron chi connectivity index (χ0n) is 14.1. The summed E-state index contributed by atoms with van der Waals surface area (Å²) in [6.07, 6.45) is 5.02. The molecule has 0 radical (unpaired) electrons. The van der Waals surface area contributed by atoms with Crippen LogP contribution in [0.5, 0.6) is 0 Å². The van der Waals surface area contributed by atoms with Gasteiger partial charge in [-0.1, -0.05) is 24.3 Å². The van der Waals surface area contributed by atoms with Crippen LogP contribution in [0.2, 0.25) is 0 Å². The molecule has 5 heteroatoms. The van der Waals surface area contributed by atoms with Crippen molar-refractivity contribution in [3.63, 3.8) is 0 Å². The molecule has 126 valence electrons. The van der Waals surface area contributed by atoms with Gasteiger partial charge in [0, 0.05) is 12.1 Å². The summed E-state index contributed by atoms with van der Waals surface area (Å²) in [5.41, 5.74) is 9.58. The third-order valence-electron chi connectivity index (χ3n) is 5.37. The Bertz CT molecular complexity index is 776. The van der Waals surface area contributed by atoms with Gasteiger partial charge in [0.05, 0.1) is 12.2 Å². The summed E-state index contributed by atoms with van der Waals surface area (Å²) in [5, 5.41) is 11.2. The van der Waals surface area contributed by atoms with Crippen LogP contribution in [0.4, 0.5) is 11.8 Å². The highest BCUT2D eigenvalue weighted by Crippen LogP contribution is 2.38. The minimum Gasteiger partial charge on any atom is -0.383 e. The average Bonchev–Trinajstić information content (AvgIpc) is 2.97. The van der Waals surface area contributed by atoms with Crippen molar-refractivity contribution in [3.8, 4) is 0 Å². The molecule has 1 saturated heterocycles. The Balaban J connectivity index is 1.68. The Kier molecular flexibility index (Phi) is 3.68. The first-order valence-electron chi connectivity index (χ1n) is 8.75. The quantitative estimate of drug-likeness (QED) is 0.887. The van der Waals surface area contributed by atoms with Gasteiger partial charge >= 0.3 is 0 Å². The lowest BCUT2D eigenvalue weighted by Gasteiger charge is -2.28. The number of β-amino-alcohol motifs (C(OH)–C–C–N with tert-alkyl or cyclic N) is 1. The zero-order valence-corrected chi connectivity index (χ0v) is 14.1. The number of rotatable bonds is 2. The molecule has 4 rings (SSSR count). The minimum absolute atomic E-state index is 0.344. The summed E-state index contributed by atoms with van der Waals surface area (Å²) in [6.45, 7) is 3.40. The van der Waals surface area contributed by atoms with Crippen LogP contribution in [0.1, 0.15) is 41.6 Å². The highest BCUT2D eigenvalue weighted by Gasteiger charge is 2.40. The molecule has 2 aromatic rings. The van der Waals surface area contributed by atoms with Crippen molar-refractivity contribution in [1.29, 1.82) is 0 Å². The summed E-state index contributed by atoms with van der Waals surface area (Å²) in [4.78, 5) is 11.2. The number of fused-ring (bicyclic) bond motifs is 1. The smallest absolute Gasteiger partial charge is 0.222 e. The van der Waals surface area contributed by atoms with Crippen LogP contribution < -0.4 is 10.6 Å². The van der Waals surface area contributed by atoms with E-state index in [2.05, 4.69) is 27.9 Å². The van der Waals surface area contributed by atoms with Crippen LogP contribution in [-0.2, 0) is 18.4 Å². The summed E-state index contributed by atoms with van der Waals surface area (Å²) >= 11 is 0. The Morgan fingerprint density at radius 1 is 1.17 bits per heavy atom. The Hall–Kier alpha value is -2.14. The van der Waals surface area contributed by atoms with Crippen LogP contribution in [0.25, 0.3) is 0 Å². The lowest BCUT2D eigenvalue weighted by atomic mass is 9.89. The van der Waals surface area contributed by atoms with Gasteiger partial charge in [-0.3, -0.25) is 0 Å². The third kappa shape index (κ3) is 2.53. The van der Waals surface area contributed by atoms with Gasteiger partial charge in [0.25, 0.3) is 0 Å². The molecule has 1 aromatic carbocycles. The SMILES string of the molecule is Cc1ccccc1[C@]1(O)CCN(c2nc(N)nc3c2CCCC3)C1. The summed E-state index contributed by atoms with van der Waals surface area (Å²) < 4.78 is 0. The third-order valence-corrected chi connectivity index (χ3v) is 5.37. The van der Waals surface area contributed by atoms with Crippen LogP contribution in [0, 0.1) is 6.92 Å². The van der Waals surface area contributed by atoms with E-state index in [4.69, 9.17) is 5.73 Å². The Morgan fingerprint density at radius 3 is 2.79 bits per heavy atom. The van der Waals surface area contributed by atoms with Crippen LogP contribution in [-0.4, -0.2) is 28.2 Å². The second-order valence-corrected chi connectivity index (χ2v) is 7.06. The van der Waals surface area contributed by atoms with Crippen molar-refractivity contribution in [2.45, 2.75) is 44.6 Å². The molecule has 0 bridgehead atoms. The molecule has 0 unspecified atom stereocenters. The molecule has 0 amide bonds. The number of aliphatic hydroxyl groups is 1. The molecule has 1 fully saturated rings. The second kappa shape index (κ2) is 5.74. The lowest BCUT2D eigenvalue weighted by Crippen LogP contribution is -2.32. The molecule has 2 aliphatic rings. The van der Waals surface area contributed by atoms with E-state index in [0.29, 0.717) is 18.9 Å². The normalized spacial score (nSPS) is 23.3. The topological polar surface area (TPSA) is 75.3 Å². The van der Waals surface area contributed by atoms with Crippen molar-refractivity contribution in [2.75, 3.05) is 23.7 Å². The predicted octanol–water partition coefficient (Wildman–Crippen LogP) is 2.34. The van der Waals surface area contributed by atoms with Gasteiger partial charge in [0.2, 0.25) is 5.95 Å².